The monoisotopic (exact) mass is 535 g/mol. The summed E-state index contributed by atoms with van der Waals surface area (Å²) in [7, 11) is 0. The third kappa shape index (κ3) is 5.66. The number of hydrazine groups is 1. The molecule has 2 heterocycles. The summed E-state index contributed by atoms with van der Waals surface area (Å²) in [5.41, 5.74) is 0.842. The number of likely N-dealkylation sites (tertiary alicyclic amines) is 1. The number of fused-ring (bicyclic) bond motifs is 1. The molecule has 37 heavy (non-hydrogen) atoms. The summed E-state index contributed by atoms with van der Waals surface area (Å²) in [5.74, 6) is -6.56. The zero-order chi connectivity index (χ0) is 28.1. The Morgan fingerprint density at radius 3 is 2.30 bits per heavy atom. The highest BCUT2D eigenvalue weighted by molar-refractivity contribution is 5.95. The smallest absolute Gasteiger partial charge is 0.356 e. The quantitative estimate of drug-likeness (QED) is 0.338. The molecule has 0 spiro atoms. The van der Waals surface area contributed by atoms with Crippen LogP contribution in [0.15, 0.2) is 0 Å². The summed E-state index contributed by atoms with van der Waals surface area (Å²) in [4.78, 5) is 63.9. The van der Waals surface area contributed by atoms with Gasteiger partial charge in [-0.15, -0.1) is 0 Å². The Hall–Kier alpha value is -2.93. The number of hydrogen-bond acceptors (Lipinski definition) is 5. The summed E-state index contributed by atoms with van der Waals surface area (Å²) in [6.07, 6.45) is -4.84. The molecule has 10 nitrogen and oxygen atoms in total. The van der Waals surface area contributed by atoms with E-state index in [2.05, 4.69) is 10.7 Å². The highest BCUT2D eigenvalue weighted by Gasteiger charge is 2.70. The van der Waals surface area contributed by atoms with Crippen LogP contribution in [0.1, 0.15) is 41.0 Å². The number of nitrogens with one attached hydrogen (secondary N) is 3. The number of amides is 5. The Labute approximate surface area is 211 Å². The van der Waals surface area contributed by atoms with Crippen LogP contribution in [0.2, 0.25) is 0 Å². The first-order chi connectivity index (χ1) is 16.9. The number of alkyl halides is 4. The highest BCUT2D eigenvalue weighted by atomic mass is 19.4. The van der Waals surface area contributed by atoms with E-state index in [-0.39, 0.29) is 36.2 Å². The van der Waals surface area contributed by atoms with Crippen molar-refractivity contribution in [1.29, 1.82) is 0 Å². The molecule has 0 radical (unpaired) electrons. The summed E-state index contributed by atoms with van der Waals surface area (Å²) >= 11 is 0. The van der Waals surface area contributed by atoms with Crippen molar-refractivity contribution in [3.63, 3.8) is 0 Å². The number of hydrogen-bond donors (Lipinski definition) is 3. The Kier molecular flexibility index (Phi) is 7.54. The molecule has 0 bridgehead atoms. The molecule has 0 aromatic carbocycles. The molecule has 3 aliphatic rings. The summed E-state index contributed by atoms with van der Waals surface area (Å²) in [6.45, 7) is 6.93. The molecule has 0 aromatic rings. The van der Waals surface area contributed by atoms with Crippen molar-refractivity contribution in [2.24, 2.45) is 28.6 Å². The molecule has 14 heteroatoms. The molecule has 1 saturated carbocycles. The van der Waals surface area contributed by atoms with E-state index in [9.17, 15) is 41.5 Å². The van der Waals surface area contributed by atoms with Crippen LogP contribution in [0.25, 0.3) is 0 Å². The molecule has 208 valence electrons. The normalized spacial score (nSPS) is 27.2. The fourth-order valence-corrected chi connectivity index (χ4v) is 5.36. The maximum Gasteiger partial charge on any atom is 0.471 e. The number of carbonyl (C=O) groups excluding carboxylic acids is 5. The molecule has 5 atom stereocenters. The Morgan fingerprint density at radius 1 is 1.19 bits per heavy atom. The van der Waals surface area contributed by atoms with Gasteiger partial charge in [0.05, 0.1) is 12.5 Å². The van der Waals surface area contributed by atoms with Crippen LogP contribution in [0.5, 0.6) is 0 Å². The zero-order valence-electron chi connectivity index (χ0n) is 21.4. The average molecular weight is 536 g/mol. The molecule has 3 N–H and O–H groups in total. The Morgan fingerprint density at radius 2 is 1.81 bits per heavy atom. The molecular formula is C23H33F4N5O5. The number of rotatable bonds is 6. The van der Waals surface area contributed by atoms with Crippen molar-refractivity contribution >= 4 is 29.5 Å². The van der Waals surface area contributed by atoms with Crippen molar-refractivity contribution in [1.82, 2.24) is 26.0 Å². The second-order valence-electron chi connectivity index (χ2n) is 11.5. The summed E-state index contributed by atoms with van der Waals surface area (Å²) < 4.78 is 52.2. The molecule has 5 amide bonds. The van der Waals surface area contributed by atoms with Crippen LogP contribution in [0.3, 0.4) is 0 Å². The molecular weight excluding hydrogens is 502 g/mol. The molecule has 3 rings (SSSR count). The van der Waals surface area contributed by atoms with E-state index in [4.69, 9.17) is 0 Å². The number of halogens is 4. The van der Waals surface area contributed by atoms with E-state index < -0.39 is 59.9 Å². The second-order valence-corrected chi connectivity index (χ2v) is 11.5. The van der Waals surface area contributed by atoms with Gasteiger partial charge >= 0.3 is 12.1 Å². The molecule has 3 fully saturated rings. The first-order valence-corrected chi connectivity index (χ1v) is 12.0. The predicted octanol–water partition coefficient (Wildman–Crippen LogP) is 0.528. The minimum Gasteiger partial charge on any atom is -0.356 e. The minimum atomic E-state index is -5.21. The van der Waals surface area contributed by atoms with Gasteiger partial charge in [0.2, 0.25) is 11.8 Å². The van der Waals surface area contributed by atoms with Crippen molar-refractivity contribution in [2.45, 2.75) is 59.3 Å². The topological polar surface area (TPSA) is 128 Å². The van der Waals surface area contributed by atoms with Crippen molar-refractivity contribution < 1.29 is 41.5 Å². The first kappa shape index (κ1) is 28.6. The van der Waals surface area contributed by atoms with Crippen LogP contribution in [-0.4, -0.2) is 84.0 Å². The van der Waals surface area contributed by atoms with E-state index in [1.165, 1.54) is 20.8 Å². The summed E-state index contributed by atoms with van der Waals surface area (Å²) in [6, 6.07) is -2.77. The van der Waals surface area contributed by atoms with Gasteiger partial charge in [-0.05, 0) is 29.1 Å². The van der Waals surface area contributed by atoms with Gasteiger partial charge < -0.3 is 15.5 Å². The molecule has 1 unspecified atom stereocenters. The van der Waals surface area contributed by atoms with Crippen LogP contribution in [0.4, 0.5) is 17.6 Å². The van der Waals surface area contributed by atoms with Gasteiger partial charge in [0.15, 0.2) is 6.67 Å². The first-order valence-electron chi connectivity index (χ1n) is 12.0. The molecule has 2 saturated heterocycles. The summed E-state index contributed by atoms with van der Waals surface area (Å²) in [5, 5.41) is 5.07. The van der Waals surface area contributed by atoms with Gasteiger partial charge in [-0.1, -0.05) is 34.6 Å². The predicted molar refractivity (Wildman–Crippen MR) is 121 cm³/mol. The standard InChI is InChI=1S/C23H33F4N5O5/c1-21(2,3)16(29-20(37)23(25,26)27)19(36)31-10-12-14(22(12,4)5)15(31)18(35)30-32(13(33)8-24)9-11-6-7-28-17(11)34/h11-12,14-16H,6-10H2,1-5H3,(H,28,34)(H,29,37)(H,30,35)/t11-,12-,14-,15-,16?/m0/s1. The lowest BCUT2D eigenvalue weighted by atomic mass is 9.85. The van der Waals surface area contributed by atoms with Gasteiger partial charge in [0, 0.05) is 13.1 Å². The van der Waals surface area contributed by atoms with E-state index in [0.29, 0.717) is 13.0 Å². The van der Waals surface area contributed by atoms with Crippen molar-refractivity contribution in [3.8, 4) is 0 Å². The van der Waals surface area contributed by atoms with Crippen LogP contribution in [-0.2, 0) is 24.0 Å². The fourth-order valence-electron chi connectivity index (χ4n) is 5.36. The van der Waals surface area contributed by atoms with E-state index in [1.807, 2.05) is 13.8 Å². The van der Waals surface area contributed by atoms with E-state index >= 15 is 0 Å². The number of piperidine rings is 1. The minimum absolute atomic E-state index is 0.0607. The van der Waals surface area contributed by atoms with E-state index in [1.54, 1.807) is 5.32 Å². The van der Waals surface area contributed by atoms with E-state index in [0.717, 1.165) is 9.91 Å². The van der Waals surface area contributed by atoms with Crippen LogP contribution < -0.4 is 16.1 Å². The average Bonchev–Trinajstić information content (AvgIpc) is 3.14. The second kappa shape index (κ2) is 9.75. The van der Waals surface area contributed by atoms with Crippen molar-refractivity contribution in [3.05, 3.63) is 0 Å². The van der Waals surface area contributed by atoms with Gasteiger partial charge in [-0.2, -0.15) is 13.2 Å². The van der Waals surface area contributed by atoms with Crippen molar-refractivity contribution in [2.75, 3.05) is 26.3 Å². The number of nitrogens with zero attached hydrogens (tertiary/aromatic N) is 2. The third-order valence-electron chi connectivity index (χ3n) is 7.63. The molecule has 2 aliphatic heterocycles. The van der Waals surface area contributed by atoms with Gasteiger partial charge in [-0.3, -0.25) is 34.4 Å². The molecule has 1 aliphatic carbocycles. The van der Waals surface area contributed by atoms with Gasteiger partial charge in [0.1, 0.15) is 12.1 Å². The molecule has 0 aromatic heterocycles. The number of carbonyl (C=O) groups is 5. The SMILES string of the molecule is CC(C)(C)C(NC(=O)C(F)(F)F)C(=O)N1C[C@H]2[C@@H]([C@H]1C(=O)NN(C[C@@H]1CCNC1=O)C(=O)CF)C2(C)C. The van der Waals surface area contributed by atoms with Crippen LogP contribution in [0, 0.1) is 28.6 Å². The zero-order valence-corrected chi connectivity index (χ0v) is 21.4. The maximum atomic E-state index is 13.5. The lowest BCUT2D eigenvalue weighted by Gasteiger charge is -2.38. The van der Waals surface area contributed by atoms with Gasteiger partial charge in [-0.25, -0.2) is 4.39 Å². The highest BCUT2D eigenvalue weighted by Crippen LogP contribution is 2.65. The maximum absolute atomic E-state index is 13.5. The fraction of sp³-hybridized carbons (Fsp3) is 0.783. The Balaban J connectivity index is 1.85. The third-order valence-corrected chi connectivity index (χ3v) is 7.63. The van der Waals surface area contributed by atoms with Gasteiger partial charge in [0.25, 0.3) is 11.8 Å². The lowest BCUT2D eigenvalue weighted by molar-refractivity contribution is -0.176. The Bertz CT molecular complexity index is 980. The largest absolute Gasteiger partial charge is 0.471 e. The van der Waals surface area contributed by atoms with Crippen LogP contribution >= 0.6 is 0 Å². The lowest BCUT2D eigenvalue weighted by Crippen LogP contribution is -2.62.